The molecule has 0 aromatic carbocycles. The van der Waals surface area contributed by atoms with Crippen LogP contribution in [0.25, 0.3) is 11.5 Å². The van der Waals surface area contributed by atoms with E-state index in [-0.39, 0.29) is 11.9 Å². The Hall–Kier alpha value is -3.09. The zero-order chi connectivity index (χ0) is 17.9. The summed E-state index contributed by atoms with van der Waals surface area (Å²) in [4.78, 5) is 35.4. The van der Waals surface area contributed by atoms with Gasteiger partial charge in [-0.1, -0.05) is 6.07 Å². The summed E-state index contributed by atoms with van der Waals surface area (Å²) in [7, 11) is 0. The minimum Gasteiger partial charge on any atom is -0.343 e. The Kier molecular flexibility index (Phi) is 4.43. The molecule has 7 nitrogen and oxygen atoms in total. The number of aryl methyl sites for hydroxylation is 1. The molecular weight excluding hydrogens is 328 g/mol. The van der Waals surface area contributed by atoms with Crippen LogP contribution in [0.1, 0.15) is 36.0 Å². The fraction of sp³-hybridized carbons (Fsp3) is 0.316. The molecule has 0 spiro atoms. The second-order valence-electron chi connectivity index (χ2n) is 6.47. The van der Waals surface area contributed by atoms with Crippen molar-refractivity contribution in [2.45, 2.75) is 32.2 Å². The van der Waals surface area contributed by atoms with Crippen molar-refractivity contribution in [3.05, 3.63) is 60.1 Å². The fourth-order valence-electron chi connectivity index (χ4n) is 3.38. The molecule has 1 aliphatic rings. The molecule has 0 bridgehead atoms. The highest BCUT2D eigenvalue weighted by Gasteiger charge is 2.32. The van der Waals surface area contributed by atoms with Crippen LogP contribution in [-0.2, 0) is 11.2 Å². The number of rotatable bonds is 4. The summed E-state index contributed by atoms with van der Waals surface area (Å²) in [6, 6.07) is 5.59. The van der Waals surface area contributed by atoms with Crippen molar-refractivity contribution in [3.63, 3.8) is 0 Å². The standard InChI is InChI=1S/C19H20N6O/c1-13-10-15(18-21-7-8-22-18)24-19(23-13)16-5-3-9-25(16)17(26)11-14-4-2-6-20-12-14/h2,4,6-8,10,12,16H,3,5,9,11H2,1H3,(H,21,22). The lowest BCUT2D eigenvalue weighted by Crippen LogP contribution is -2.32. The predicted molar refractivity (Wildman–Crippen MR) is 96.0 cm³/mol. The lowest BCUT2D eigenvalue weighted by atomic mass is 10.1. The molecule has 1 saturated heterocycles. The number of aromatic nitrogens is 5. The minimum atomic E-state index is -0.0900. The van der Waals surface area contributed by atoms with Crippen molar-refractivity contribution in [1.29, 1.82) is 0 Å². The zero-order valence-electron chi connectivity index (χ0n) is 14.6. The molecule has 1 unspecified atom stereocenters. The summed E-state index contributed by atoms with van der Waals surface area (Å²) in [5.41, 5.74) is 2.54. The van der Waals surface area contributed by atoms with E-state index in [1.165, 1.54) is 0 Å². The van der Waals surface area contributed by atoms with Crippen LogP contribution in [0.15, 0.2) is 43.0 Å². The Bertz CT molecular complexity index is 894. The van der Waals surface area contributed by atoms with Gasteiger partial charge in [0.05, 0.1) is 12.5 Å². The van der Waals surface area contributed by atoms with Crippen LogP contribution in [-0.4, -0.2) is 42.3 Å². The molecule has 7 heteroatoms. The second kappa shape index (κ2) is 7.03. The molecule has 26 heavy (non-hydrogen) atoms. The van der Waals surface area contributed by atoms with Crippen LogP contribution >= 0.6 is 0 Å². The summed E-state index contributed by atoms with van der Waals surface area (Å²) in [6.07, 6.45) is 9.10. The number of amides is 1. The van der Waals surface area contributed by atoms with Gasteiger partial charge in [0.15, 0.2) is 11.6 Å². The third-order valence-electron chi connectivity index (χ3n) is 4.56. The number of carbonyl (C=O) groups is 1. The number of pyridine rings is 1. The smallest absolute Gasteiger partial charge is 0.227 e. The van der Waals surface area contributed by atoms with E-state index in [0.717, 1.165) is 36.3 Å². The molecule has 1 amide bonds. The molecule has 0 radical (unpaired) electrons. The van der Waals surface area contributed by atoms with Crippen LogP contribution in [0.3, 0.4) is 0 Å². The fourth-order valence-corrected chi connectivity index (χ4v) is 3.38. The van der Waals surface area contributed by atoms with Gasteiger partial charge >= 0.3 is 0 Å². The Morgan fingerprint density at radius 3 is 3.04 bits per heavy atom. The Labute approximate surface area is 151 Å². The quantitative estimate of drug-likeness (QED) is 0.782. The number of hydrogen-bond acceptors (Lipinski definition) is 5. The van der Waals surface area contributed by atoms with Crippen molar-refractivity contribution in [2.24, 2.45) is 0 Å². The molecule has 3 aromatic heterocycles. The van der Waals surface area contributed by atoms with Crippen molar-refractivity contribution in [1.82, 2.24) is 29.8 Å². The first-order valence-corrected chi connectivity index (χ1v) is 8.74. The summed E-state index contributed by atoms with van der Waals surface area (Å²) >= 11 is 0. The van der Waals surface area contributed by atoms with E-state index in [0.29, 0.717) is 18.1 Å². The summed E-state index contributed by atoms with van der Waals surface area (Å²) < 4.78 is 0. The van der Waals surface area contributed by atoms with Crippen molar-refractivity contribution < 1.29 is 4.79 Å². The Morgan fingerprint density at radius 2 is 2.27 bits per heavy atom. The zero-order valence-corrected chi connectivity index (χ0v) is 14.6. The molecule has 1 fully saturated rings. The average Bonchev–Trinajstić information content (AvgIpc) is 3.34. The first kappa shape index (κ1) is 16.4. The van der Waals surface area contributed by atoms with E-state index >= 15 is 0 Å². The van der Waals surface area contributed by atoms with Crippen LogP contribution < -0.4 is 0 Å². The van der Waals surface area contributed by atoms with E-state index in [9.17, 15) is 4.79 Å². The highest BCUT2D eigenvalue weighted by atomic mass is 16.2. The SMILES string of the molecule is Cc1cc(-c2ncc[nH]2)nc(C2CCCN2C(=O)Cc2cccnc2)n1. The molecule has 0 saturated carbocycles. The molecule has 1 atom stereocenters. The normalized spacial score (nSPS) is 16.8. The van der Waals surface area contributed by atoms with Crippen molar-refractivity contribution in [3.8, 4) is 11.5 Å². The van der Waals surface area contributed by atoms with Gasteiger partial charge in [0.25, 0.3) is 0 Å². The lowest BCUT2D eigenvalue weighted by molar-refractivity contribution is -0.131. The maximum absolute atomic E-state index is 12.8. The predicted octanol–water partition coefficient (Wildman–Crippen LogP) is 2.48. The number of hydrogen-bond donors (Lipinski definition) is 1. The first-order chi connectivity index (χ1) is 12.7. The van der Waals surface area contributed by atoms with Crippen LogP contribution in [0.5, 0.6) is 0 Å². The summed E-state index contributed by atoms with van der Waals surface area (Å²) in [6.45, 7) is 2.67. The number of nitrogens with zero attached hydrogens (tertiary/aromatic N) is 5. The third kappa shape index (κ3) is 3.33. The largest absolute Gasteiger partial charge is 0.343 e. The van der Waals surface area contributed by atoms with Gasteiger partial charge in [-0.15, -0.1) is 0 Å². The van der Waals surface area contributed by atoms with Gasteiger partial charge in [-0.2, -0.15) is 0 Å². The van der Waals surface area contributed by atoms with Crippen molar-refractivity contribution >= 4 is 5.91 Å². The number of likely N-dealkylation sites (tertiary alicyclic amines) is 1. The maximum atomic E-state index is 12.8. The molecule has 4 rings (SSSR count). The van der Waals surface area contributed by atoms with E-state index in [1.54, 1.807) is 24.8 Å². The van der Waals surface area contributed by atoms with E-state index in [2.05, 4.69) is 24.9 Å². The van der Waals surface area contributed by atoms with Crippen molar-refractivity contribution in [2.75, 3.05) is 6.54 Å². The summed E-state index contributed by atoms with van der Waals surface area (Å²) in [5.74, 6) is 1.49. The van der Waals surface area contributed by atoms with Gasteiger partial charge in [0.1, 0.15) is 5.69 Å². The number of nitrogens with one attached hydrogen (secondary N) is 1. The second-order valence-corrected chi connectivity index (χ2v) is 6.47. The minimum absolute atomic E-state index is 0.0881. The molecule has 132 valence electrons. The van der Waals surface area contributed by atoms with E-state index in [1.807, 2.05) is 30.0 Å². The molecule has 1 N–H and O–H groups in total. The number of aromatic amines is 1. The van der Waals surface area contributed by atoms with Crippen LogP contribution in [0.2, 0.25) is 0 Å². The molecule has 4 heterocycles. The number of carbonyl (C=O) groups excluding carboxylic acids is 1. The first-order valence-electron chi connectivity index (χ1n) is 8.74. The van der Waals surface area contributed by atoms with Crippen LogP contribution in [0.4, 0.5) is 0 Å². The third-order valence-corrected chi connectivity index (χ3v) is 4.56. The Balaban J connectivity index is 1.59. The molecule has 3 aromatic rings. The monoisotopic (exact) mass is 348 g/mol. The van der Waals surface area contributed by atoms with E-state index < -0.39 is 0 Å². The highest BCUT2D eigenvalue weighted by molar-refractivity contribution is 5.79. The number of imidazole rings is 1. The van der Waals surface area contributed by atoms with Crippen LogP contribution in [0, 0.1) is 6.92 Å². The molecule has 0 aliphatic carbocycles. The van der Waals surface area contributed by atoms with Gasteiger partial charge in [-0.25, -0.2) is 15.0 Å². The Morgan fingerprint density at radius 1 is 1.35 bits per heavy atom. The molecular formula is C19H20N6O. The maximum Gasteiger partial charge on any atom is 0.227 e. The average molecular weight is 348 g/mol. The highest BCUT2D eigenvalue weighted by Crippen LogP contribution is 2.31. The topological polar surface area (TPSA) is 87.7 Å². The van der Waals surface area contributed by atoms with Gasteiger partial charge < -0.3 is 9.88 Å². The van der Waals surface area contributed by atoms with E-state index in [4.69, 9.17) is 0 Å². The van der Waals surface area contributed by atoms with Gasteiger partial charge in [-0.05, 0) is 37.5 Å². The summed E-state index contributed by atoms with van der Waals surface area (Å²) in [5, 5.41) is 0. The lowest BCUT2D eigenvalue weighted by Gasteiger charge is -2.24. The number of H-pyrrole nitrogens is 1. The van der Waals surface area contributed by atoms with Gasteiger partial charge in [-0.3, -0.25) is 9.78 Å². The molecule has 1 aliphatic heterocycles. The van der Waals surface area contributed by atoms with Gasteiger partial charge in [0.2, 0.25) is 5.91 Å². The van der Waals surface area contributed by atoms with Gasteiger partial charge in [0, 0.05) is 37.0 Å².